The Morgan fingerprint density at radius 3 is 2.50 bits per heavy atom. The van der Waals surface area contributed by atoms with Gasteiger partial charge in [0.25, 0.3) is 5.91 Å². The number of aliphatic imine (C=N–C) groups is 1. The zero-order valence-electron chi connectivity index (χ0n) is 13.2. The van der Waals surface area contributed by atoms with Crippen LogP contribution in [0.25, 0.3) is 0 Å². The zero-order chi connectivity index (χ0) is 17.1. The van der Waals surface area contributed by atoms with Crippen molar-refractivity contribution in [2.75, 3.05) is 0 Å². The lowest BCUT2D eigenvalue weighted by molar-refractivity contribution is -0.116. The van der Waals surface area contributed by atoms with Crippen LogP contribution in [0.4, 0.5) is 10.1 Å². The summed E-state index contributed by atoms with van der Waals surface area (Å²) in [5, 5.41) is 13.2. The third kappa shape index (κ3) is 3.35. The normalized spacial score (nSPS) is 18.0. The van der Waals surface area contributed by atoms with E-state index in [-0.39, 0.29) is 23.1 Å². The molecule has 4 nitrogen and oxygen atoms in total. The molecule has 1 atom stereocenters. The molecular weight excluding hydrogens is 307 g/mol. The van der Waals surface area contributed by atoms with Gasteiger partial charge in [0.1, 0.15) is 17.1 Å². The first kappa shape index (κ1) is 15.9. The fourth-order valence-corrected chi connectivity index (χ4v) is 2.69. The van der Waals surface area contributed by atoms with Gasteiger partial charge in [0.05, 0.1) is 17.4 Å². The summed E-state index contributed by atoms with van der Waals surface area (Å²) in [5.41, 5.74) is 2.20. The van der Waals surface area contributed by atoms with Gasteiger partial charge >= 0.3 is 0 Å². The number of amides is 1. The fraction of sp³-hybridized carbons (Fsp3) is 0.158. The first-order valence-corrected chi connectivity index (χ1v) is 7.64. The number of halogens is 1. The Labute approximate surface area is 139 Å². The largest absolute Gasteiger partial charge is 0.509 e. The molecule has 5 heteroatoms. The van der Waals surface area contributed by atoms with E-state index in [9.17, 15) is 14.3 Å². The molecule has 0 saturated heterocycles. The van der Waals surface area contributed by atoms with Gasteiger partial charge in [-0.25, -0.2) is 4.39 Å². The van der Waals surface area contributed by atoms with Gasteiger partial charge in [0.2, 0.25) is 0 Å². The minimum Gasteiger partial charge on any atom is -0.509 e. The fourth-order valence-electron chi connectivity index (χ4n) is 2.69. The smallest absolute Gasteiger partial charge is 0.257 e. The molecule has 1 aliphatic heterocycles. The molecular formula is C19H17FN2O2. The standard InChI is InChI=1S/C19H17FN2O2/c1-12(21-15-5-3-2-4-6-15)17-18(23)16(22-19(17)24)11-13-7-9-14(20)10-8-13/h2-10,16,23H,11H2,1H3,(H,22,24)/t16-/m0/s1. The zero-order valence-corrected chi connectivity index (χ0v) is 13.2. The number of para-hydroxylation sites is 1. The van der Waals surface area contributed by atoms with E-state index in [0.717, 1.165) is 5.56 Å². The minimum absolute atomic E-state index is 0.0264. The third-order valence-electron chi connectivity index (χ3n) is 3.89. The second-order valence-corrected chi connectivity index (χ2v) is 5.65. The van der Waals surface area contributed by atoms with Gasteiger partial charge < -0.3 is 10.4 Å². The van der Waals surface area contributed by atoms with Gasteiger partial charge in [0.15, 0.2) is 0 Å². The number of aliphatic hydroxyl groups excluding tert-OH is 1. The number of benzene rings is 2. The molecule has 0 fully saturated rings. The van der Waals surface area contributed by atoms with Crippen LogP contribution in [-0.4, -0.2) is 22.8 Å². The van der Waals surface area contributed by atoms with Crippen LogP contribution in [0.15, 0.2) is 70.9 Å². The van der Waals surface area contributed by atoms with Crippen LogP contribution in [0.1, 0.15) is 12.5 Å². The van der Waals surface area contributed by atoms with Crippen molar-refractivity contribution in [2.24, 2.45) is 4.99 Å². The van der Waals surface area contributed by atoms with Crippen molar-refractivity contribution < 1.29 is 14.3 Å². The summed E-state index contributed by atoms with van der Waals surface area (Å²) in [6.45, 7) is 1.69. The molecule has 122 valence electrons. The second-order valence-electron chi connectivity index (χ2n) is 5.65. The number of hydrogen-bond donors (Lipinski definition) is 2. The Hall–Kier alpha value is -2.95. The number of hydrogen-bond acceptors (Lipinski definition) is 3. The summed E-state index contributed by atoms with van der Waals surface area (Å²) in [5.74, 6) is -0.696. The van der Waals surface area contributed by atoms with Gasteiger partial charge in [-0.2, -0.15) is 0 Å². The highest BCUT2D eigenvalue weighted by Crippen LogP contribution is 2.22. The van der Waals surface area contributed by atoms with Crippen LogP contribution < -0.4 is 5.32 Å². The summed E-state index contributed by atoms with van der Waals surface area (Å²) < 4.78 is 13.0. The van der Waals surface area contributed by atoms with Crippen LogP contribution in [-0.2, 0) is 11.2 Å². The van der Waals surface area contributed by atoms with E-state index in [0.29, 0.717) is 17.8 Å². The maximum Gasteiger partial charge on any atom is 0.257 e. The summed E-state index contributed by atoms with van der Waals surface area (Å²) in [6.07, 6.45) is 0.389. The number of carbonyl (C=O) groups is 1. The molecule has 0 aliphatic carbocycles. The van der Waals surface area contributed by atoms with Crippen LogP contribution in [0.2, 0.25) is 0 Å². The lowest BCUT2D eigenvalue weighted by atomic mass is 10.0. The van der Waals surface area contributed by atoms with Crippen LogP contribution in [0.3, 0.4) is 0 Å². The molecule has 0 radical (unpaired) electrons. The van der Waals surface area contributed by atoms with Crippen LogP contribution in [0.5, 0.6) is 0 Å². The average Bonchev–Trinajstić information content (AvgIpc) is 2.84. The predicted octanol–water partition coefficient (Wildman–Crippen LogP) is 3.47. The van der Waals surface area contributed by atoms with E-state index in [4.69, 9.17) is 0 Å². The van der Waals surface area contributed by atoms with Gasteiger partial charge in [0, 0.05) is 0 Å². The van der Waals surface area contributed by atoms with Crippen molar-refractivity contribution in [1.29, 1.82) is 0 Å². The van der Waals surface area contributed by atoms with Crippen molar-refractivity contribution in [3.8, 4) is 0 Å². The van der Waals surface area contributed by atoms with Crippen molar-refractivity contribution in [2.45, 2.75) is 19.4 Å². The maximum absolute atomic E-state index is 13.0. The molecule has 2 aromatic rings. The van der Waals surface area contributed by atoms with E-state index < -0.39 is 6.04 Å². The quantitative estimate of drug-likeness (QED) is 0.846. The van der Waals surface area contributed by atoms with Crippen molar-refractivity contribution in [3.63, 3.8) is 0 Å². The molecule has 1 aliphatic rings. The van der Waals surface area contributed by atoms with Crippen molar-refractivity contribution in [1.82, 2.24) is 5.32 Å². The Morgan fingerprint density at radius 1 is 1.17 bits per heavy atom. The van der Waals surface area contributed by atoms with Crippen LogP contribution in [0, 0.1) is 5.82 Å². The van der Waals surface area contributed by atoms with E-state index in [1.807, 2.05) is 30.3 Å². The second kappa shape index (κ2) is 6.66. The average molecular weight is 324 g/mol. The van der Waals surface area contributed by atoms with Crippen molar-refractivity contribution in [3.05, 3.63) is 77.3 Å². The molecule has 1 heterocycles. The van der Waals surface area contributed by atoms with E-state index in [2.05, 4.69) is 10.3 Å². The number of nitrogens with one attached hydrogen (secondary N) is 1. The van der Waals surface area contributed by atoms with Gasteiger partial charge in [-0.15, -0.1) is 0 Å². The molecule has 0 unspecified atom stereocenters. The molecule has 2 N–H and O–H groups in total. The van der Waals surface area contributed by atoms with Gasteiger partial charge in [-0.1, -0.05) is 30.3 Å². The summed E-state index contributed by atoms with van der Waals surface area (Å²) >= 11 is 0. The molecule has 1 amide bonds. The molecule has 3 rings (SSSR count). The monoisotopic (exact) mass is 324 g/mol. The topological polar surface area (TPSA) is 61.7 Å². The predicted molar refractivity (Wildman–Crippen MR) is 90.9 cm³/mol. The molecule has 2 aromatic carbocycles. The lowest BCUT2D eigenvalue weighted by Gasteiger charge is -2.11. The highest BCUT2D eigenvalue weighted by molar-refractivity contribution is 6.23. The number of nitrogens with zero attached hydrogens (tertiary/aromatic N) is 1. The van der Waals surface area contributed by atoms with Gasteiger partial charge in [-0.3, -0.25) is 9.79 Å². The van der Waals surface area contributed by atoms with E-state index in [1.165, 1.54) is 12.1 Å². The van der Waals surface area contributed by atoms with E-state index in [1.54, 1.807) is 19.1 Å². The molecule has 24 heavy (non-hydrogen) atoms. The number of aliphatic hydroxyl groups is 1. The van der Waals surface area contributed by atoms with E-state index >= 15 is 0 Å². The lowest BCUT2D eigenvalue weighted by Crippen LogP contribution is -2.31. The van der Waals surface area contributed by atoms with Crippen LogP contribution >= 0.6 is 0 Å². The Kier molecular flexibility index (Phi) is 4.42. The SMILES string of the molecule is CC(=Nc1ccccc1)C1=C(O)[C@H](Cc2ccc(F)cc2)NC1=O. The highest BCUT2D eigenvalue weighted by Gasteiger charge is 2.33. The Bertz CT molecular complexity index is 811. The number of rotatable bonds is 4. The Morgan fingerprint density at radius 2 is 1.83 bits per heavy atom. The Balaban J connectivity index is 1.84. The first-order valence-electron chi connectivity index (χ1n) is 7.64. The summed E-state index contributed by atoms with van der Waals surface area (Å²) in [4.78, 5) is 16.6. The summed E-state index contributed by atoms with van der Waals surface area (Å²) in [7, 11) is 0. The first-order chi connectivity index (χ1) is 11.5. The maximum atomic E-state index is 13.0. The summed E-state index contributed by atoms with van der Waals surface area (Å²) in [6, 6.07) is 14.7. The molecule has 0 bridgehead atoms. The number of carbonyl (C=O) groups excluding carboxylic acids is 1. The molecule has 0 spiro atoms. The minimum atomic E-state index is -0.529. The van der Waals surface area contributed by atoms with Gasteiger partial charge in [-0.05, 0) is 43.2 Å². The van der Waals surface area contributed by atoms with Crippen molar-refractivity contribution >= 4 is 17.3 Å². The molecule has 0 aromatic heterocycles. The third-order valence-corrected chi connectivity index (χ3v) is 3.89. The highest BCUT2D eigenvalue weighted by atomic mass is 19.1. The molecule has 0 saturated carbocycles.